The molecule has 0 fully saturated rings. The summed E-state index contributed by atoms with van der Waals surface area (Å²) in [7, 11) is 0. The predicted molar refractivity (Wildman–Crippen MR) is 142 cm³/mol. The quantitative estimate of drug-likeness (QED) is 0.195. The second-order valence-corrected chi connectivity index (χ2v) is 10.7. The zero-order valence-electron chi connectivity index (χ0n) is 19.9. The van der Waals surface area contributed by atoms with Gasteiger partial charge in [-0.15, -0.1) is 11.8 Å². The van der Waals surface area contributed by atoms with Gasteiger partial charge in [-0.1, -0.05) is 108 Å². The van der Waals surface area contributed by atoms with Crippen molar-refractivity contribution < 1.29 is 0 Å². The minimum absolute atomic E-state index is 0.111. The maximum absolute atomic E-state index is 2.48. The fourth-order valence-electron chi connectivity index (χ4n) is 4.28. The lowest BCUT2D eigenvalue weighted by Gasteiger charge is -2.19. The van der Waals surface area contributed by atoms with Crippen LogP contribution >= 0.6 is 11.8 Å². The Hall–Kier alpha value is -2.45. The summed E-state index contributed by atoms with van der Waals surface area (Å²) in [5.41, 5.74) is 6.61. The average Bonchev–Trinajstić information content (AvgIpc) is 3.13. The van der Waals surface area contributed by atoms with E-state index in [4.69, 9.17) is 0 Å². The number of nitrogens with zero attached hydrogens (tertiary/aromatic N) is 1. The monoisotopic (exact) mass is 441 g/mol. The Kier molecular flexibility index (Phi) is 7.10. The number of rotatable bonds is 8. The maximum Gasteiger partial charge on any atom is 0.0676 e. The largest absolute Gasteiger partial charge is 0.308 e. The Balaban J connectivity index is 1.95. The fraction of sp³-hybridized carbons (Fsp3) is 0.333. The smallest absolute Gasteiger partial charge is 0.0676 e. The lowest BCUT2D eigenvalue weighted by atomic mass is 9.87. The van der Waals surface area contributed by atoms with Crippen molar-refractivity contribution >= 4 is 22.7 Å². The standard InChI is InChI=1S/C30H35NS/c1-5-6-7-14-21-32-29-26-20-19-24(30(2,3)4)22-27(26)31(25-17-12-9-13-18-25)28(29)23-15-10-8-11-16-23/h8-13,15-20,22H,5-7,14,21H2,1-4H3. The van der Waals surface area contributed by atoms with Crippen molar-refractivity contribution in [1.29, 1.82) is 0 Å². The van der Waals surface area contributed by atoms with Gasteiger partial charge in [-0.3, -0.25) is 0 Å². The van der Waals surface area contributed by atoms with E-state index in [9.17, 15) is 0 Å². The van der Waals surface area contributed by atoms with E-state index in [1.807, 2.05) is 11.8 Å². The van der Waals surface area contributed by atoms with Crippen LogP contribution < -0.4 is 0 Å². The van der Waals surface area contributed by atoms with Gasteiger partial charge in [0.2, 0.25) is 0 Å². The number of para-hydroxylation sites is 1. The third-order valence-electron chi connectivity index (χ3n) is 6.09. The first-order valence-electron chi connectivity index (χ1n) is 11.9. The average molecular weight is 442 g/mol. The van der Waals surface area contributed by atoms with Crippen LogP contribution in [0.2, 0.25) is 0 Å². The number of hydrogen-bond donors (Lipinski definition) is 0. The van der Waals surface area contributed by atoms with Gasteiger partial charge in [-0.05, 0) is 46.9 Å². The number of hydrogen-bond acceptors (Lipinski definition) is 1. The van der Waals surface area contributed by atoms with Crippen LogP contribution in [0.1, 0.15) is 58.9 Å². The zero-order chi connectivity index (χ0) is 22.6. The van der Waals surface area contributed by atoms with Crippen molar-refractivity contribution in [3.05, 3.63) is 84.4 Å². The Morgan fingerprint density at radius 1 is 0.781 bits per heavy atom. The lowest BCUT2D eigenvalue weighted by molar-refractivity contribution is 0.591. The van der Waals surface area contributed by atoms with E-state index in [1.165, 1.54) is 64.0 Å². The summed E-state index contributed by atoms with van der Waals surface area (Å²) in [6.07, 6.45) is 5.19. The SMILES string of the molecule is CCCCCCSc1c(-c2ccccc2)n(-c2ccccc2)c2cc(C(C)(C)C)ccc12. The number of unbranched alkanes of at least 4 members (excludes halogenated alkanes) is 3. The molecule has 0 N–H and O–H groups in total. The Morgan fingerprint density at radius 3 is 2.12 bits per heavy atom. The molecule has 3 aromatic carbocycles. The van der Waals surface area contributed by atoms with Crippen molar-refractivity contribution in [3.8, 4) is 16.9 Å². The van der Waals surface area contributed by atoms with Gasteiger partial charge in [0.1, 0.15) is 0 Å². The number of fused-ring (bicyclic) bond motifs is 1. The summed E-state index contributed by atoms with van der Waals surface area (Å²) >= 11 is 2.03. The molecule has 166 valence electrons. The summed E-state index contributed by atoms with van der Waals surface area (Å²) in [4.78, 5) is 1.41. The van der Waals surface area contributed by atoms with E-state index in [-0.39, 0.29) is 5.41 Å². The fourth-order valence-corrected chi connectivity index (χ4v) is 5.50. The van der Waals surface area contributed by atoms with Crippen LogP contribution in [0.5, 0.6) is 0 Å². The molecule has 2 heteroatoms. The first-order chi connectivity index (χ1) is 15.5. The van der Waals surface area contributed by atoms with E-state index in [0.717, 1.165) is 5.75 Å². The molecule has 0 bridgehead atoms. The van der Waals surface area contributed by atoms with Crippen LogP contribution in [0, 0.1) is 0 Å². The molecule has 4 rings (SSSR count). The van der Waals surface area contributed by atoms with Crippen LogP contribution in [0.25, 0.3) is 27.8 Å². The van der Waals surface area contributed by atoms with Gasteiger partial charge in [0.05, 0.1) is 11.2 Å². The molecule has 1 aromatic heterocycles. The Bertz CT molecular complexity index is 1150. The highest BCUT2D eigenvalue weighted by atomic mass is 32.2. The second-order valence-electron chi connectivity index (χ2n) is 9.61. The molecule has 4 aromatic rings. The first kappa shape index (κ1) is 22.7. The van der Waals surface area contributed by atoms with E-state index in [1.54, 1.807) is 0 Å². The molecule has 0 aliphatic carbocycles. The van der Waals surface area contributed by atoms with E-state index < -0.39 is 0 Å². The number of thioether (sulfide) groups is 1. The van der Waals surface area contributed by atoms with Gasteiger partial charge < -0.3 is 4.57 Å². The minimum atomic E-state index is 0.111. The summed E-state index contributed by atoms with van der Waals surface area (Å²) < 4.78 is 2.48. The molecule has 1 nitrogen and oxygen atoms in total. The molecule has 1 heterocycles. The molecule has 0 aliphatic heterocycles. The minimum Gasteiger partial charge on any atom is -0.308 e. The number of aromatic nitrogens is 1. The lowest BCUT2D eigenvalue weighted by Crippen LogP contribution is -2.10. The Labute approximate surface area is 197 Å². The highest BCUT2D eigenvalue weighted by Crippen LogP contribution is 2.43. The van der Waals surface area contributed by atoms with E-state index in [2.05, 4.69) is 111 Å². The molecule has 0 saturated heterocycles. The van der Waals surface area contributed by atoms with Gasteiger partial charge >= 0.3 is 0 Å². The molecule has 32 heavy (non-hydrogen) atoms. The van der Waals surface area contributed by atoms with Crippen molar-refractivity contribution in [3.63, 3.8) is 0 Å². The molecular weight excluding hydrogens is 406 g/mol. The highest BCUT2D eigenvalue weighted by molar-refractivity contribution is 7.99. The van der Waals surface area contributed by atoms with Crippen LogP contribution in [-0.2, 0) is 5.41 Å². The molecule has 0 aliphatic rings. The predicted octanol–water partition coefficient (Wildman–Crippen LogP) is 9.27. The van der Waals surface area contributed by atoms with Crippen molar-refractivity contribution in [2.75, 3.05) is 5.75 Å². The summed E-state index contributed by atoms with van der Waals surface area (Å²) in [6, 6.07) is 28.8. The molecule has 0 radical (unpaired) electrons. The molecule has 0 atom stereocenters. The summed E-state index contributed by atoms with van der Waals surface area (Å²) in [6.45, 7) is 9.17. The normalized spacial score (nSPS) is 11.9. The van der Waals surface area contributed by atoms with Crippen molar-refractivity contribution in [2.45, 2.75) is 63.7 Å². The van der Waals surface area contributed by atoms with Gasteiger partial charge in [0, 0.05) is 16.0 Å². The third-order valence-corrected chi connectivity index (χ3v) is 7.29. The van der Waals surface area contributed by atoms with Crippen LogP contribution in [-0.4, -0.2) is 10.3 Å². The van der Waals surface area contributed by atoms with Gasteiger partial charge in [0.15, 0.2) is 0 Å². The molecule has 0 saturated carbocycles. The molecule has 0 amide bonds. The molecular formula is C30H35NS. The van der Waals surface area contributed by atoms with Gasteiger partial charge in [-0.2, -0.15) is 0 Å². The van der Waals surface area contributed by atoms with Gasteiger partial charge in [0.25, 0.3) is 0 Å². The highest BCUT2D eigenvalue weighted by Gasteiger charge is 2.22. The van der Waals surface area contributed by atoms with E-state index >= 15 is 0 Å². The van der Waals surface area contributed by atoms with Crippen LogP contribution in [0.4, 0.5) is 0 Å². The molecule has 0 spiro atoms. The first-order valence-corrected chi connectivity index (χ1v) is 12.9. The van der Waals surface area contributed by atoms with Crippen LogP contribution in [0.15, 0.2) is 83.8 Å². The summed E-state index contributed by atoms with van der Waals surface area (Å²) in [5, 5.41) is 1.36. The second kappa shape index (κ2) is 10.0. The third kappa shape index (κ3) is 4.81. The summed E-state index contributed by atoms with van der Waals surface area (Å²) in [5.74, 6) is 1.16. The van der Waals surface area contributed by atoms with Crippen molar-refractivity contribution in [2.24, 2.45) is 0 Å². The maximum atomic E-state index is 2.48. The number of benzene rings is 3. The topological polar surface area (TPSA) is 4.93 Å². The Morgan fingerprint density at radius 2 is 1.47 bits per heavy atom. The van der Waals surface area contributed by atoms with E-state index in [0.29, 0.717) is 0 Å². The zero-order valence-corrected chi connectivity index (χ0v) is 20.7. The van der Waals surface area contributed by atoms with Gasteiger partial charge in [-0.25, -0.2) is 0 Å². The van der Waals surface area contributed by atoms with Crippen LogP contribution in [0.3, 0.4) is 0 Å². The molecule has 0 unspecified atom stereocenters. The van der Waals surface area contributed by atoms with Crippen molar-refractivity contribution in [1.82, 2.24) is 4.57 Å².